The second-order valence-electron chi connectivity index (χ2n) is 5.86. The van der Waals surface area contributed by atoms with Gasteiger partial charge in [-0.1, -0.05) is 57.2 Å². The number of hydrogen-bond donors (Lipinski definition) is 2. The average Bonchev–Trinajstić information content (AvgIpc) is 2.37. The van der Waals surface area contributed by atoms with E-state index in [9.17, 15) is 4.79 Å². The van der Waals surface area contributed by atoms with Crippen molar-refractivity contribution < 1.29 is 4.79 Å². The van der Waals surface area contributed by atoms with Crippen molar-refractivity contribution in [2.75, 3.05) is 5.32 Å². The van der Waals surface area contributed by atoms with Gasteiger partial charge in [0.15, 0.2) is 0 Å². The van der Waals surface area contributed by atoms with Crippen molar-refractivity contribution in [1.82, 2.24) is 5.32 Å². The van der Waals surface area contributed by atoms with Crippen LogP contribution in [0.4, 0.5) is 10.5 Å². The molecule has 0 bridgehead atoms. The van der Waals surface area contributed by atoms with Crippen LogP contribution >= 0.6 is 0 Å². The van der Waals surface area contributed by atoms with E-state index < -0.39 is 0 Å². The third-order valence-electron chi connectivity index (χ3n) is 2.81. The van der Waals surface area contributed by atoms with Crippen LogP contribution in [0.2, 0.25) is 0 Å². The molecular formula is C17H20N2O. The lowest BCUT2D eigenvalue weighted by Gasteiger charge is -2.11. The smallest absolute Gasteiger partial charge is 0.315 e. The molecule has 0 aliphatic carbocycles. The summed E-state index contributed by atoms with van der Waals surface area (Å²) >= 11 is 0. The molecule has 2 aromatic rings. The number of rotatable bonds is 2. The van der Waals surface area contributed by atoms with Gasteiger partial charge in [0.05, 0.1) is 0 Å². The van der Waals surface area contributed by atoms with Gasteiger partial charge >= 0.3 is 6.03 Å². The first kappa shape index (κ1) is 14.1. The van der Waals surface area contributed by atoms with Gasteiger partial charge in [-0.15, -0.1) is 0 Å². The van der Waals surface area contributed by atoms with Crippen molar-refractivity contribution in [3.8, 4) is 0 Å². The Hall–Kier alpha value is -2.29. The highest BCUT2D eigenvalue weighted by atomic mass is 16.2. The summed E-state index contributed by atoms with van der Waals surface area (Å²) in [4.78, 5) is 11.8. The minimum absolute atomic E-state index is 0.0518. The summed E-state index contributed by atoms with van der Waals surface area (Å²) in [6.45, 7) is 6.23. The maximum atomic E-state index is 11.8. The third kappa shape index (κ3) is 4.12. The number of fused-ring (bicyclic) bond motifs is 1. The Balaban J connectivity index is 2.01. The van der Waals surface area contributed by atoms with E-state index in [-0.39, 0.29) is 11.4 Å². The summed E-state index contributed by atoms with van der Waals surface area (Å²) in [7, 11) is 0. The fourth-order valence-corrected chi connectivity index (χ4v) is 1.80. The zero-order valence-electron chi connectivity index (χ0n) is 12.1. The quantitative estimate of drug-likeness (QED) is 0.826. The van der Waals surface area contributed by atoms with E-state index in [0.717, 1.165) is 16.5 Å². The lowest BCUT2D eigenvalue weighted by Crippen LogP contribution is -2.24. The highest BCUT2D eigenvalue weighted by Crippen LogP contribution is 2.18. The summed E-state index contributed by atoms with van der Waals surface area (Å²) in [6.07, 6.45) is 3.63. The minimum Gasteiger partial charge on any atom is -0.315 e. The van der Waals surface area contributed by atoms with Gasteiger partial charge < -0.3 is 10.6 Å². The van der Waals surface area contributed by atoms with Crippen molar-refractivity contribution in [2.24, 2.45) is 5.41 Å². The van der Waals surface area contributed by atoms with Crippen LogP contribution in [0.3, 0.4) is 0 Å². The first-order valence-electron chi connectivity index (χ1n) is 6.68. The second-order valence-corrected chi connectivity index (χ2v) is 5.86. The summed E-state index contributed by atoms with van der Waals surface area (Å²) in [5.41, 5.74) is 0.835. The van der Waals surface area contributed by atoms with Crippen molar-refractivity contribution >= 4 is 22.5 Å². The normalized spacial score (nSPS) is 11.8. The highest BCUT2D eigenvalue weighted by Gasteiger charge is 2.04. The molecule has 0 unspecified atom stereocenters. The molecule has 2 aromatic carbocycles. The van der Waals surface area contributed by atoms with Crippen molar-refractivity contribution in [3.63, 3.8) is 0 Å². The minimum atomic E-state index is -0.235. The number of amides is 2. The van der Waals surface area contributed by atoms with Gasteiger partial charge in [0.1, 0.15) is 0 Å². The van der Waals surface area contributed by atoms with Crippen LogP contribution in [0.1, 0.15) is 20.8 Å². The van der Waals surface area contributed by atoms with E-state index in [4.69, 9.17) is 0 Å². The van der Waals surface area contributed by atoms with Crippen LogP contribution in [0.25, 0.3) is 10.8 Å². The Morgan fingerprint density at radius 3 is 2.45 bits per heavy atom. The zero-order valence-corrected chi connectivity index (χ0v) is 12.1. The SMILES string of the molecule is CC(C)(C)/C=C/NC(=O)Nc1ccc2ccccc2c1. The van der Waals surface area contributed by atoms with Gasteiger partial charge in [-0.3, -0.25) is 0 Å². The largest absolute Gasteiger partial charge is 0.323 e. The van der Waals surface area contributed by atoms with Crippen LogP contribution in [0, 0.1) is 5.41 Å². The number of carbonyl (C=O) groups is 1. The number of anilines is 1. The lowest BCUT2D eigenvalue weighted by molar-refractivity contribution is 0.255. The molecular weight excluding hydrogens is 248 g/mol. The Morgan fingerprint density at radius 1 is 1.05 bits per heavy atom. The number of nitrogens with one attached hydrogen (secondary N) is 2. The fourth-order valence-electron chi connectivity index (χ4n) is 1.80. The molecule has 104 valence electrons. The van der Waals surface area contributed by atoms with Gasteiger partial charge in [-0.25, -0.2) is 4.79 Å². The van der Waals surface area contributed by atoms with E-state index in [0.29, 0.717) is 0 Å². The summed E-state index contributed by atoms with van der Waals surface area (Å²) in [6, 6.07) is 13.7. The molecule has 3 nitrogen and oxygen atoms in total. The number of benzene rings is 2. The van der Waals surface area contributed by atoms with Crippen LogP contribution in [-0.2, 0) is 0 Å². The van der Waals surface area contributed by atoms with Crippen LogP contribution in [0.5, 0.6) is 0 Å². The number of urea groups is 1. The Kier molecular flexibility index (Phi) is 4.08. The van der Waals surface area contributed by atoms with Crippen molar-refractivity contribution in [1.29, 1.82) is 0 Å². The fraction of sp³-hybridized carbons (Fsp3) is 0.235. The predicted molar refractivity (Wildman–Crippen MR) is 84.7 cm³/mol. The Bertz CT molecular complexity index is 639. The Morgan fingerprint density at radius 2 is 1.75 bits per heavy atom. The van der Waals surface area contributed by atoms with Crippen molar-refractivity contribution in [2.45, 2.75) is 20.8 Å². The van der Waals surface area contributed by atoms with Gasteiger partial charge in [0.25, 0.3) is 0 Å². The number of hydrogen-bond acceptors (Lipinski definition) is 1. The van der Waals surface area contributed by atoms with Gasteiger partial charge in [0, 0.05) is 11.9 Å². The molecule has 20 heavy (non-hydrogen) atoms. The first-order valence-corrected chi connectivity index (χ1v) is 6.68. The molecule has 0 heterocycles. The van der Waals surface area contributed by atoms with Crippen LogP contribution in [0.15, 0.2) is 54.7 Å². The maximum absolute atomic E-state index is 11.8. The van der Waals surface area contributed by atoms with E-state index in [2.05, 4.69) is 31.4 Å². The zero-order chi connectivity index (χ0) is 14.6. The molecule has 0 aliphatic rings. The monoisotopic (exact) mass is 268 g/mol. The molecule has 0 spiro atoms. The molecule has 0 saturated heterocycles. The molecule has 0 saturated carbocycles. The molecule has 2 rings (SSSR count). The molecule has 2 N–H and O–H groups in total. The number of carbonyl (C=O) groups excluding carboxylic acids is 1. The van der Waals surface area contributed by atoms with Gasteiger partial charge in [0.2, 0.25) is 0 Å². The summed E-state index contributed by atoms with van der Waals surface area (Å²) in [5, 5.41) is 7.79. The topological polar surface area (TPSA) is 41.1 Å². The summed E-state index contributed by atoms with van der Waals surface area (Å²) < 4.78 is 0. The molecule has 0 aromatic heterocycles. The van der Waals surface area contributed by atoms with E-state index >= 15 is 0 Å². The maximum Gasteiger partial charge on any atom is 0.323 e. The average molecular weight is 268 g/mol. The molecule has 3 heteroatoms. The van der Waals surface area contributed by atoms with Gasteiger partial charge in [-0.05, 0) is 28.3 Å². The molecule has 0 aliphatic heterocycles. The lowest BCUT2D eigenvalue weighted by atomic mass is 9.97. The van der Waals surface area contributed by atoms with Gasteiger partial charge in [-0.2, -0.15) is 0 Å². The first-order chi connectivity index (χ1) is 9.44. The second kappa shape index (κ2) is 5.78. The third-order valence-corrected chi connectivity index (χ3v) is 2.81. The standard InChI is InChI=1S/C17H20N2O/c1-17(2,3)10-11-18-16(20)19-15-9-8-13-6-4-5-7-14(13)12-15/h4-12H,1-3H3,(H2,18,19,20)/b11-10+. The number of allylic oxidation sites excluding steroid dienone is 1. The highest BCUT2D eigenvalue weighted by molar-refractivity contribution is 5.93. The van der Waals surface area contributed by atoms with E-state index in [1.165, 1.54) is 0 Å². The molecule has 2 amide bonds. The predicted octanol–water partition coefficient (Wildman–Crippen LogP) is 4.52. The summed E-state index contributed by atoms with van der Waals surface area (Å²) in [5.74, 6) is 0. The van der Waals surface area contributed by atoms with E-state index in [1.54, 1.807) is 6.20 Å². The Labute approximate surface area is 119 Å². The van der Waals surface area contributed by atoms with E-state index in [1.807, 2.05) is 48.5 Å². The van der Waals surface area contributed by atoms with Crippen LogP contribution < -0.4 is 10.6 Å². The molecule has 0 atom stereocenters. The molecule has 0 fully saturated rings. The van der Waals surface area contributed by atoms with Crippen molar-refractivity contribution in [3.05, 3.63) is 54.7 Å². The van der Waals surface area contributed by atoms with Crippen LogP contribution in [-0.4, -0.2) is 6.03 Å². The molecule has 0 radical (unpaired) electrons.